The molecule has 2 rings (SSSR count). The number of aryl methyl sites for hydroxylation is 1. The first-order valence-electron chi connectivity index (χ1n) is 4.97. The van der Waals surface area contributed by atoms with Gasteiger partial charge >= 0.3 is 0 Å². The molecule has 0 bridgehead atoms. The lowest BCUT2D eigenvalue weighted by Gasteiger charge is -2.07. The van der Waals surface area contributed by atoms with Gasteiger partial charge in [0.1, 0.15) is 5.82 Å². The Kier molecular flexibility index (Phi) is 3.43. The van der Waals surface area contributed by atoms with Gasteiger partial charge in [-0.05, 0) is 25.3 Å². The third-order valence-electron chi connectivity index (χ3n) is 2.06. The SMILES string of the molecule is CSc1nc(N)cc(Oc2cccnc2C)n1. The molecule has 0 fully saturated rings. The summed E-state index contributed by atoms with van der Waals surface area (Å²) in [7, 11) is 0. The Morgan fingerprint density at radius 3 is 2.88 bits per heavy atom. The van der Waals surface area contributed by atoms with Crippen molar-refractivity contribution in [3.05, 3.63) is 30.1 Å². The zero-order valence-electron chi connectivity index (χ0n) is 9.54. The number of aromatic nitrogens is 3. The number of nitrogens with two attached hydrogens (primary N) is 1. The predicted octanol–water partition coefficient (Wildman–Crippen LogP) is 2.28. The highest BCUT2D eigenvalue weighted by Gasteiger charge is 2.06. The Morgan fingerprint density at radius 2 is 2.18 bits per heavy atom. The van der Waals surface area contributed by atoms with Gasteiger partial charge in [0.25, 0.3) is 0 Å². The Labute approximate surface area is 103 Å². The number of anilines is 1. The summed E-state index contributed by atoms with van der Waals surface area (Å²) < 4.78 is 5.63. The number of nitrogen functional groups attached to an aromatic ring is 1. The fourth-order valence-corrected chi connectivity index (χ4v) is 1.63. The molecular formula is C11H12N4OS. The average molecular weight is 248 g/mol. The number of thioether (sulfide) groups is 1. The minimum Gasteiger partial charge on any atom is -0.437 e. The molecule has 2 aromatic rings. The second kappa shape index (κ2) is 5.01. The summed E-state index contributed by atoms with van der Waals surface area (Å²) >= 11 is 1.41. The Hall–Kier alpha value is -1.82. The molecule has 0 aliphatic heterocycles. The van der Waals surface area contributed by atoms with Gasteiger partial charge in [-0.3, -0.25) is 4.98 Å². The van der Waals surface area contributed by atoms with Crippen LogP contribution in [0.5, 0.6) is 11.6 Å². The van der Waals surface area contributed by atoms with E-state index in [9.17, 15) is 0 Å². The highest BCUT2D eigenvalue weighted by atomic mass is 32.2. The molecule has 2 N–H and O–H groups in total. The molecule has 0 unspecified atom stereocenters. The van der Waals surface area contributed by atoms with Gasteiger partial charge in [0.2, 0.25) is 5.88 Å². The second-order valence-electron chi connectivity index (χ2n) is 3.31. The van der Waals surface area contributed by atoms with Crippen LogP contribution in [0.25, 0.3) is 0 Å². The van der Waals surface area contributed by atoms with Crippen molar-refractivity contribution in [3.63, 3.8) is 0 Å². The Bertz CT molecular complexity index is 533. The highest BCUT2D eigenvalue weighted by molar-refractivity contribution is 7.98. The van der Waals surface area contributed by atoms with E-state index in [0.717, 1.165) is 5.69 Å². The second-order valence-corrected chi connectivity index (χ2v) is 4.08. The van der Waals surface area contributed by atoms with E-state index in [1.807, 2.05) is 25.3 Å². The van der Waals surface area contributed by atoms with Crippen molar-refractivity contribution in [2.75, 3.05) is 12.0 Å². The number of nitrogens with zero attached hydrogens (tertiary/aromatic N) is 3. The van der Waals surface area contributed by atoms with E-state index in [1.54, 1.807) is 12.3 Å². The minimum absolute atomic E-state index is 0.390. The first-order valence-corrected chi connectivity index (χ1v) is 6.19. The van der Waals surface area contributed by atoms with Crippen LogP contribution >= 0.6 is 11.8 Å². The van der Waals surface area contributed by atoms with Gasteiger partial charge in [-0.1, -0.05) is 11.8 Å². The van der Waals surface area contributed by atoms with E-state index < -0.39 is 0 Å². The van der Waals surface area contributed by atoms with E-state index in [0.29, 0.717) is 22.6 Å². The van der Waals surface area contributed by atoms with E-state index in [-0.39, 0.29) is 0 Å². The number of hydrogen-bond acceptors (Lipinski definition) is 6. The van der Waals surface area contributed by atoms with Crippen LogP contribution in [0.15, 0.2) is 29.6 Å². The summed E-state index contributed by atoms with van der Waals surface area (Å²) in [5.41, 5.74) is 6.47. The van der Waals surface area contributed by atoms with Crippen LogP contribution in [0, 0.1) is 6.92 Å². The van der Waals surface area contributed by atoms with Gasteiger partial charge < -0.3 is 10.5 Å². The minimum atomic E-state index is 0.390. The summed E-state index contributed by atoms with van der Waals surface area (Å²) in [6.45, 7) is 1.87. The molecule has 6 heteroatoms. The highest BCUT2D eigenvalue weighted by Crippen LogP contribution is 2.24. The third kappa shape index (κ3) is 2.85. The maximum atomic E-state index is 5.67. The van der Waals surface area contributed by atoms with Crippen LogP contribution in [0.2, 0.25) is 0 Å². The summed E-state index contributed by atoms with van der Waals surface area (Å²) in [5, 5.41) is 0.585. The van der Waals surface area contributed by atoms with E-state index in [4.69, 9.17) is 10.5 Å². The van der Waals surface area contributed by atoms with Crippen molar-refractivity contribution in [2.24, 2.45) is 0 Å². The zero-order chi connectivity index (χ0) is 12.3. The van der Waals surface area contributed by atoms with Crippen LogP contribution in [0.1, 0.15) is 5.69 Å². The standard InChI is InChI=1S/C11H12N4OS/c1-7-8(4-3-5-13-7)16-10-6-9(12)14-11(15-10)17-2/h3-6H,1-2H3,(H2,12,14,15). The molecule has 0 amide bonds. The van der Waals surface area contributed by atoms with E-state index in [1.165, 1.54) is 11.8 Å². The van der Waals surface area contributed by atoms with Crippen molar-refractivity contribution < 1.29 is 4.74 Å². The lowest BCUT2D eigenvalue weighted by atomic mass is 10.3. The molecule has 0 aliphatic rings. The molecule has 0 radical (unpaired) electrons. The van der Waals surface area contributed by atoms with Gasteiger partial charge in [-0.2, -0.15) is 4.98 Å². The fourth-order valence-electron chi connectivity index (χ4n) is 1.25. The normalized spacial score (nSPS) is 10.2. The van der Waals surface area contributed by atoms with Crippen LogP contribution in [0.3, 0.4) is 0 Å². The van der Waals surface area contributed by atoms with Crippen molar-refractivity contribution in [1.29, 1.82) is 0 Å². The summed E-state index contributed by atoms with van der Waals surface area (Å²) in [4.78, 5) is 12.4. The molecule has 88 valence electrons. The molecule has 0 atom stereocenters. The molecule has 2 aromatic heterocycles. The number of pyridine rings is 1. The average Bonchev–Trinajstić information content (AvgIpc) is 2.31. The number of rotatable bonds is 3. The summed E-state index contributed by atoms with van der Waals surface area (Å²) in [6, 6.07) is 5.23. The molecule has 5 nitrogen and oxygen atoms in total. The van der Waals surface area contributed by atoms with Crippen LogP contribution < -0.4 is 10.5 Å². The molecule has 0 saturated heterocycles. The van der Waals surface area contributed by atoms with Gasteiger partial charge in [-0.15, -0.1) is 0 Å². The van der Waals surface area contributed by atoms with Gasteiger partial charge in [0.05, 0.1) is 5.69 Å². The van der Waals surface area contributed by atoms with Crippen LogP contribution in [-0.4, -0.2) is 21.2 Å². The molecule has 0 saturated carbocycles. The third-order valence-corrected chi connectivity index (χ3v) is 2.61. The van der Waals surface area contributed by atoms with Gasteiger partial charge in [0, 0.05) is 12.3 Å². The maximum Gasteiger partial charge on any atom is 0.225 e. The van der Waals surface area contributed by atoms with Gasteiger partial charge in [-0.25, -0.2) is 4.98 Å². The monoisotopic (exact) mass is 248 g/mol. The Balaban J connectivity index is 2.30. The van der Waals surface area contributed by atoms with E-state index in [2.05, 4.69) is 15.0 Å². The zero-order valence-corrected chi connectivity index (χ0v) is 10.4. The van der Waals surface area contributed by atoms with Gasteiger partial charge in [0.15, 0.2) is 10.9 Å². The first kappa shape index (κ1) is 11.7. The maximum absolute atomic E-state index is 5.67. The summed E-state index contributed by atoms with van der Waals surface area (Å²) in [5.74, 6) is 1.48. The number of hydrogen-bond donors (Lipinski definition) is 1. The predicted molar refractivity (Wildman–Crippen MR) is 67.3 cm³/mol. The summed E-state index contributed by atoms with van der Waals surface area (Å²) in [6.07, 6.45) is 3.59. The number of ether oxygens (including phenoxy) is 1. The molecule has 17 heavy (non-hydrogen) atoms. The van der Waals surface area contributed by atoms with Crippen LogP contribution in [0.4, 0.5) is 5.82 Å². The van der Waals surface area contributed by atoms with Crippen molar-refractivity contribution in [1.82, 2.24) is 15.0 Å². The van der Waals surface area contributed by atoms with Crippen molar-refractivity contribution in [2.45, 2.75) is 12.1 Å². The largest absolute Gasteiger partial charge is 0.437 e. The lowest BCUT2D eigenvalue weighted by molar-refractivity contribution is 0.450. The van der Waals surface area contributed by atoms with E-state index >= 15 is 0 Å². The fraction of sp³-hybridized carbons (Fsp3) is 0.182. The first-order chi connectivity index (χ1) is 8.19. The molecule has 2 heterocycles. The molecule has 0 aromatic carbocycles. The molecule has 0 aliphatic carbocycles. The molecule has 0 spiro atoms. The topological polar surface area (TPSA) is 73.9 Å². The molecular weight excluding hydrogens is 236 g/mol. The smallest absolute Gasteiger partial charge is 0.225 e. The lowest BCUT2D eigenvalue weighted by Crippen LogP contribution is -1.98. The van der Waals surface area contributed by atoms with Crippen molar-refractivity contribution in [3.8, 4) is 11.6 Å². The quantitative estimate of drug-likeness (QED) is 0.663. The Morgan fingerprint density at radius 1 is 1.35 bits per heavy atom. The van der Waals surface area contributed by atoms with Crippen molar-refractivity contribution >= 4 is 17.6 Å². The van der Waals surface area contributed by atoms with Crippen LogP contribution in [-0.2, 0) is 0 Å².